The highest BCUT2D eigenvalue weighted by atomic mass is 28.4. The van der Waals surface area contributed by atoms with Crippen molar-refractivity contribution in [1.29, 1.82) is 0 Å². The average molecular weight is 1640 g/mol. The number of pyridine rings is 2. The van der Waals surface area contributed by atoms with Gasteiger partial charge in [-0.1, -0.05) is 79.2 Å². The van der Waals surface area contributed by atoms with Gasteiger partial charge in [-0.15, -0.1) is 12.3 Å². The summed E-state index contributed by atoms with van der Waals surface area (Å²) in [7, 11) is -2.15. The summed E-state index contributed by atoms with van der Waals surface area (Å²) in [6.07, 6.45) is 15.2. The number of carbonyl (C=O) groups is 7. The highest BCUT2D eigenvalue weighted by Crippen LogP contribution is 2.44. The maximum absolute atomic E-state index is 14.4. The van der Waals surface area contributed by atoms with Crippen molar-refractivity contribution in [2.45, 2.75) is 182 Å². The number of ketones is 3. The van der Waals surface area contributed by atoms with Crippen LogP contribution in [-0.4, -0.2) is 209 Å². The van der Waals surface area contributed by atoms with E-state index in [1.165, 1.54) is 0 Å². The highest BCUT2D eigenvalue weighted by Gasteiger charge is 2.51. The van der Waals surface area contributed by atoms with Gasteiger partial charge in [0.05, 0.1) is 128 Å². The van der Waals surface area contributed by atoms with Crippen LogP contribution >= 0.6 is 0 Å². The number of nitrogens with zero attached hydrogens (tertiary/aromatic N) is 6. The fourth-order valence-corrected chi connectivity index (χ4v) is 14.4. The molecule has 3 aliphatic heterocycles. The van der Waals surface area contributed by atoms with Crippen LogP contribution in [0.2, 0.25) is 18.1 Å². The molecule has 0 bridgehead atoms. The molecule has 0 saturated heterocycles. The fourth-order valence-electron chi connectivity index (χ4n) is 13.4. The number of nitrogens with one attached hydrogen (secondary N) is 2. The molecule has 1 aliphatic carbocycles. The van der Waals surface area contributed by atoms with E-state index in [2.05, 4.69) is 73.9 Å². The van der Waals surface area contributed by atoms with E-state index in [0.29, 0.717) is 198 Å². The Morgan fingerprint density at radius 2 is 1.41 bits per heavy atom. The van der Waals surface area contributed by atoms with Gasteiger partial charge in [0.15, 0.2) is 11.6 Å². The van der Waals surface area contributed by atoms with E-state index in [-0.39, 0.29) is 118 Å². The minimum atomic E-state index is -2.15. The molecule has 0 radical (unpaired) electrons. The molecule has 2 amide bonds. The molecule has 1 saturated carbocycles. The first-order chi connectivity index (χ1) is 56.0. The molecule has 638 valence electrons. The Labute approximate surface area is 685 Å². The maximum Gasteiger partial charge on any atom is 0.510 e. The molecule has 2 N–H and O–H groups in total. The summed E-state index contributed by atoms with van der Waals surface area (Å²) < 4.78 is 82.0. The van der Waals surface area contributed by atoms with E-state index in [1.807, 2.05) is 18.2 Å². The number of azide groups is 1. The van der Waals surface area contributed by atoms with Crippen molar-refractivity contribution in [2.24, 2.45) is 22.9 Å². The summed E-state index contributed by atoms with van der Waals surface area (Å²) >= 11 is 0. The van der Waals surface area contributed by atoms with Gasteiger partial charge in [-0.2, -0.15) is 0 Å². The topological polar surface area (TPSA) is 350 Å². The van der Waals surface area contributed by atoms with Crippen molar-refractivity contribution >= 4 is 66.2 Å². The minimum Gasteiger partial charge on any atom is -0.543 e. The number of esters is 1. The summed E-state index contributed by atoms with van der Waals surface area (Å²) in [4.78, 5) is 114. The van der Waals surface area contributed by atoms with Crippen LogP contribution < -0.4 is 20.6 Å². The van der Waals surface area contributed by atoms with E-state index >= 15 is 0 Å². The van der Waals surface area contributed by atoms with Gasteiger partial charge in [0.2, 0.25) is 19.8 Å². The molecule has 2 unspecified atom stereocenters. The quantitative estimate of drug-likeness (QED) is 0.00694. The van der Waals surface area contributed by atoms with Gasteiger partial charge in [-0.25, -0.2) is 14.6 Å². The van der Waals surface area contributed by atoms with E-state index in [1.54, 1.807) is 58.9 Å². The predicted molar refractivity (Wildman–Crippen MR) is 442 cm³/mol. The van der Waals surface area contributed by atoms with E-state index in [9.17, 15) is 38.4 Å². The van der Waals surface area contributed by atoms with Crippen molar-refractivity contribution < 1.29 is 96.2 Å². The number of anilines is 1. The summed E-state index contributed by atoms with van der Waals surface area (Å²) in [5.74, 6) is 1.88. The van der Waals surface area contributed by atoms with Crippen molar-refractivity contribution in [3.05, 3.63) is 122 Å². The van der Waals surface area contributed by atoms with Crippen LogP contribution in [0.1, 0.15) is 162 Å². The smallest absolute Gasteiger partial charge is 0.510 e. The first-order valence-electron chi connectivity index (χ1n) is 40.9. The first kappa shape index (κ1) is 94.6. The third kappa shape index (κ3) is 30.4. The Bertz CT molecular complexity index is 4040. The minimum absolute atomic E-state index is 0. The Morgan fingerprint density at radius 3 is 1.99 bits per heavy atom. The number of aryl methyl sites for hydroxylation is 1. The number of benzene rings is 2. The molecule has 4 aliphatic rings. The van der Waals surface area contributed by atoms with Gasteiger partial charge >= 0.3 is 12.1 Å². The molecule has 2 aromatic carbocycles. The molecule has 1 fully saturated rings. The second kappa shape index (κ2) is 50.9. The molecule has 2 atom stereocenters. The number of Topliss-reactive ketones (excluding diaryl/α,β-unsaturated/α-hetero) is 3. The number of cyclic esters (lactones) is 1. The zero-order valence-corrected chi connectivity index (χ0v) is 69.3. The predicted octanol–water partition coefficient (Wildman–Crippen LogP) is 12.8. The van der Waals surface area contributed by atoms with Gasteiger partial charge in [0.25, 0.3) is 11.5 Å². The van der Waals surface area contributed by atoms with Crippen LogP contribution in [0.3, 0.4) is 0 Å². The van der Waals surface area contributed by atoms with E-state index in [0.717, 1.165) is 72.1 Å². The molecule has 4 aromatic rings. The van der Waals surface area contributed by atoms with Crippen molar-refractivity contribution in [3.63, 3.8) is 0 Å². The van der Waals surface area contributed by atoms with Crippen LogP contribution in [0.15, 0.2) is 82.9 Å². The molecule has 2 aromatic heterocycles. The highest BCUT2D eigenvalue weighted by molar-refractivity contribution is 6.74. The number of allylic oxidation sites excluding steroid dienone is 1. The lowest BCUT2D eigenvalue weighted by Gasteiger charge is -2.36. The standard InChI is InChI=1S/C68H99N7O19Si.C17H21NO2.CH4/c1-9-55-56-42-54(94-95(7,8)67(4,5)6)21-22-60(56)73-62-57(55)44-75-61(62)43-59-58(64(75)79)48-91-65(80)68(59,10-2)93-66(81)92-45-49-17-19-51(20-18-49)72-63(78)50(15-12-13-23-70-11-3)41-53(77)47-90-46-52(76)16-14-25-82-27-29-84-31-33-86-35-37-88-39-40-89-38-36-87-34-32-85-30-28-83-26-24-71-74-69;1-3-4-5-16(19)15-9-7-14(8-10-15)12-18-13(2)6-11-17(18)20;/h17-22,42-43,50,70H,9-16,23-41,44-48H2,1-8H3,(H,72,78);1,6,11,14-15H,2,4-5,7-10,12H2;1H4/i3T;;. The molecule has 116 heavy (non-hydrogen) atoms. The molecular weight excluding hydrogens is 1510 g/mol. The van der Waals surface area contributed by atoms with Gasteiger partial charge in [-0.05, 0) is 154 Å². The Balaban J connectivity index is 0.000000876. The first-order valence-corrected chi connectivity index (χ1v) is 43.1. The lowest BCUT2D eigenvalue weighted by molar-refractivity contribution is -0.175. The lowest BCUT2D eigenvalue weighted by Crippen LogP contribution is -2.47. The number of carbonyl (C=O) groups excluding carboxylic acids is 7. The monoisotopic (exact) mass is 1630 g/mol. The fraction of sp³-hybridized carbons (Fsp3) is 0.616. The summed E-state index contributed by atoms with van der Waals surface area (Å²) in [5.41, 5.74) is 11.8. The Morgan fingerprint density at radius 1 is 0.793 bits per heavy atom. The lowest BCUT2D eigenvalue weighted by atomic mass is 9.79. The van der Waals surface area contributed by atoms with Gasteiger partial charge in [0, 0.05) is 97.5 Å². The van der Waals surface area contributed by atoms with Gasteiger partial charge in [-0.3, -0.25) is 28.8 Å². The number of hydrogen-bond acceptors (Lipinski definition) is 24. The average Bonchev–Trinajstić information content (AvgIpc) is 1.63. The van der Waals surface area contributed by atoms with Crippen LogP contribution in [0, 0.1) is 30.1 Å². The van der Waals surface area contributed by atoms with Crippen molar-refractivity contribution in [3.8, 4) is 29.5 Å². The molecule has 29 nitrogen and oxygen atoms in total. The zero-order chi connectivity index (χ0) is 83.7. The Kier molecular flexibility index (Phi) is 41.5. The molecule has 5 heterocycles. The number of unbranched alkanes of at least 4 members (excludes halogenated alkanes) is 1. The second-order valence-electron chi connectivity index (χ2n) is 30.0. The summed E-state index contributed by atoms with van der Waals surface area (Å²) in [6, 6.07) is 14.2. The summed E-state index contributed by atoms with van der Waals surface area (Å²) in [5, 5.41) is 10.4. The largest absolute Gasteiger partial charge is 0.543 e. The van der Waals surface area contributed by atoms with E-state index in [4.69, 9.17) is 79.6 Å². The number of terminal acetylenes is 1. The van der Waals surface area contributed by atoms with E-state index < -0.39 is 32.0 Å². The van der Waals surface area contributed by atoms with Gasteiger partial charge in [0.1, 0.15) is 38.0 Å². The van der Waals surface area contributed by atoms with Gasteiger partial charge < -0.3 is 81.4 Å². The SMILES string of the molecule is C.C#CCCC(=O)C1CCC(CN2C(=C)C=CC2=O)CC1.[3H]CCNCCCCC(CC(=O)COCC(=O)CCCOCCOCCOCCOCCOCCOCCOCCOCCN=[N+]=[N-])C(=O)Nc1ccc(COC(=O)OC2(CC)C(=O)OCc3c2cc2n(c3=O)Cc3c-2nc2ccc(O[Si](C)(C)C(C)(C)C)cc2c3CC)cc1. The van der Waals surface area contributed by atoms with Crippen LogP contribution in [0.25, 0.3) is 32.7 Å². The van der Waals surface area contributed by atoms with Crippen LogP contribution in [-0.2, 0) is 117 Å². The number of fused-ring (bicyclic) bond motifs is 5. The molecule has 0 spiro atoms. The van der Waals surface area contributed by atoms with Crippen LogP contribution in [0.5, 0.6) is 5.75 Å². The van der Waals surface area contributed by atoms with Crippen LogP contribution in [0.4, 0.5) is 10.5 Å². The van der Waals surface area contributed by atoms with Crippen molar-refractivity contribution in [1.82, 2.24) is 19.8 Å². The number of amides is 2. The number of hydrogen-bond donors (Lipinski definition) is 2. The molecular formula is C86H124N8O21Si. The molecule has 8 rings (SSSR count). The normalized spacial score (nSPS) is 16.5. The number of aromatic nitrogens is 2. The zero-order valence-electron chi connectivity index (χ0n) is 69.3. The molecule has 30 heteroatoms. The number of rotatable bonds is 54. The second-order valence-corrected chi connectivity index (χ2v) is 34.8. The van der Waals surface area contributed by atoms with Crippen molar-refractivity contribution in [2.75, 3.05) is 150 Å². The third-order valence-corrected chi connectivity index (χ3v) is 25.2. The summed E-state index contributed by atoms with van der Waals surface area (Å²) in [6.45, 7) is 26.8. The number of ether oxygens (including phenoxy) is 12. The maximum atomic E-state index is 14.4. The Hall–Kier alpha value is -8.54. The third-order valence-electron chi connectivity index (χ3n) is 20.9.